The summed E-state index contributed by atoms with van der Waals surface area (Å²) in [5.41, 5.74) is 0.681. The molecule has 2 aromatic rings. The van der Waals surface area contributed by atoms with E-state index >= 15 is 0 Å². The zero-order chi connectivity index (χ0) is 13.9. The Morgan fingerprint density at radius 2 is 1.95 bits per heavy atom. The fourth-order valence-corrected chi connectivity index (χ4v) is 2.74. The predicted molar refractivity (Wildman–Crippen MR) is 74.7 cm³/mol. The number of benzene rings is 1. The molecule has 0 N–H and O–H groups in total. The van der Waals surface area contributed by atoms with Gasteiger partial charge in [0.15, 0.2) is 11.6 Å². The Hall–Kier alpha value is -1.97. The van der Waals surface area contributed by atoms with Crippen LogP contribution in [-0.4, -0.2) is 15.9 Å². The third kappa shape index (κ3) is 2.50. The average molecular weight is 270 g/mol. The van der Waals surface area contributed by atoms with Crippen LogP contribution in [0.3, 0.4) is 0 Å². The minimum Gasteiger partial charge on any atom is -0.339 e. The van der Waals surface area contributed by atoms with E-state index in [2.05, 4.69) is 10.1 Å². The zero-order valence-electron chi connectivity index (χ0n) is 11.6. The Kier molecular flexibility index (Phi) is 3.63. The lowest BCUT2D eigenvalue weighted by atomic mass is 9.99. The van der Waals surface area contributed by atoms with Crippen LogP contribution in [0.4, 0.5) is 0 Å². The Morgan fingerprint density at radius 1 is 1.25 bits per heavy atom. The fraction of sp³-hybridized carbons (Fsp3) is 0.438. The molecule has 0 aliphatic heterocycles. The minimum absolute atomic E-state index is 0.0206. The quantitative estimate of drug-likeness (QED) is 0.795. The average Bonchev–Trinajstić information content (AvgIpc) is 3.17. The Labute approximate surface area is 118 Å². The molecule has 1 heterocycles. The molecule has 0 amide bonds. The topological polar surface area (TPSA) is 56.0 Å². The standard InChI is InChI=1S/C16H18N2O2/c1-11(14(19)12-7-3-2-4-8-12)16-17-15(18-20-16)13-9-5-6-10-13/h2-4,7-8,11,13H,5-6,9-10H2,1H3. The van der Waals surface area contributed by atoms with E-state index in [1.54, 1.807) is 0 Å². The molecule has 0 radical (unpaired) electrons. The van der Waals surface area contributed by atoms with Crippen molar-refractivity contribution in [2.24, 2.45) is 0 Å². The summed E-state index contributed by atoms with van der Waals surface area (Å²) in [5, 5.41) is 4.06. The van der Waals surface area contributed by atoms with Gasteiger partial charge in [-0.15, -0.1) is 0 Å². The summed E-state index contributed by atoms with van der Waals surface area (Å²) >= 11 is 0. The number of hydrogen-bond acceptors (Lipinski definition) is 4. The van der Waals surface area contributed by atoms with E-state index in [9.17, 15) is 4.79 Å². The lowest BCUT2D eigenvalue weighted by Gasteiger charge is -2.05. The Morgan fingerprint density at radius 3 is 2.65 bits per heavy atom. The van der Waals surface area contributed by atoms with Crippen molar-refractivity contribution in [2.75, 3.05) is 0 Å². The molecular formula is C16H18N2O2. The van der Waals surface area contributed by atoms with Gasteiger partial charge in [0.25, 0.3) is 0 Å². The number of Topliss-reactive ketones (excluding diaryl/α,β-unsaturated/α-hetero) is 1. The summed E-state index contributed by atoms with van der Waals surface area (Å²) in [6, 6.07) is 9.24. The molecule has 0 spiro atoms. The second-order valence-electron chi connectivity index (χ2n) is 5.42. The van der Waals surface area contributed by atoms with Crippen molar-refractivity contribution in [3.8, 4) is 0 Å². The smallest absolute Gasteiger partial charge is 0.237 e. The largest absolute Gasteiger partial charge is 0.339 e. The molecule has 1 aliphatic carbocycles. The maximum atomic E-state index is 12.3. The highest BCUT2D eigenvalue weighted by molar-refractivity contribution is 6.00. The number of carbonyl (C=O) groups is 1. The summed E-state index contributed by atoms with van der Waals surface area (Å²) in [7, 11) is 0. The Balaban J connectivity index is 1.77. The van der Waals surface area contributed by atoms with E-state index in [-0.39, 0.29) is 11.7 Å². The van der Waals surface area contributed by atoms with Crippen molar-refractivity contribution in [2.45, 2.75) is 44.4 Å². The lowest BCUT2D eigenvalue weighted by Crippen LogP contribution is -2.10. The zero-order valence-corrected chi connectivity index (χ0v) is 11.6. The maximum absolute atomic E-state index is 12.3. The highest BCUT2D eigenvalue weighted by Gasteiger charge is 2.26. The summed E-state index contributed by atoms with van der Waals surface area (Å²) < 4.78 is 5.30. The van der Waals surface area contributed by atoms with E-state index in [0.29, 0.717) is 17.4 Å². The van der Waals surface area contributed by atoms with Gasteiger partial charge in [0.1, 0.15) is 0 Å². The van der Waals surface area contributed by atoms with Gasteiger partial charge in [-0.2, -0.15) is 4.98 Å². The van der Waals surface area contributed by atoms with Gasteiger partial charge in [0.2, 0.25) is 5.89 Å². The van der Waals surface area contributed by atoms with Crippen LogP contribution in [0.15, 0.2) is 34.9 Å². The van der Waals surface area contributed by atoms with E-state index < -0.39 is 0 Å². The fourth-order valence-electron chi connectivity index (χ4n) is 2.74. The van der Waals surface area contributed by atoms with Gasteiger partial charge in [0.05, 0.1) is 5.92 Å². The second-order valence-corrected chi connectivity index (χ2v) is 5.42. The van der Waals surface area contributed by atoms with Crippen LogP contribution in [0, 0.1) is 0 Å². The van der Waals surface area contributed by atoms with Gasteiger partial charge in [-0.3, -0.25) is 4.79 Å². The molecule has 1 unspecified atom stereocenters. The summed E-state index contributed by atoms with van der Waals surface area (Å²) in [4.78, 5) is 16.8. The summed E-state index contributed by atoms with van der Waals surface area (Å²) in [6.45, 7) is 1.82. The van der Waals surface area contributed by atoms with E-state index in [0.717, 1.165) is 18.7 Å². The van der Waals surface area contributed by atoms with Gasteiger partial charge in [-0.1, -0.05) is 48.3 Å². The van der Waals surface area contributed by atoms with Crippen LogP contribution in [-0.2, 0) is 0 Å². The molecule has 3 rings (SSSR count). The first kappa shape index (κ1) is 13.0. The number of ketones is 1. The second kappa shape index (κ2) is 5.57. The monoisotopic (exact) mass is 270 g/mol. The molecule has 4 nitrogen and oxygen atoms in total. The van der Waals surface area contributed by atoms with Crippen molar-refractivity contribution in [1.29, 1.82) is 0 Å². The first-order chi connectivity index (χ1) is 9.75. The molecule has 4 heteroatoms. The first-order valence-corrected chi connectivity index (χ1v) is 7.18. The van der Waals surface area contributed by atoms with Crippen LogP contribution < -0.4 is 0 Å². The molecule has 1 atom stereocenters. The summed E-state index contributed by atoms with van der Waals surface area (Å²) in [5.74, 6) is 1.24. The van der Waals surface area contributed by atoms with Crippen molar-refractivity contribution in [1.82, 2.24) is 10.1 Å². The molecular weight excluding hydrogens is 252 g/mol. The highest BCUT2D eigenvalue weighted by atomic mass is 16.5. The van der Waals surface area contributed by atoms with Gasteiger partial charge >= 0.3 is 0 Å². The van der Waals surface area contributed by atoms with Crippen molar-refractivity contribution >= 4 is 5.78 Å². The van der Waals surface area contributed by atoms with Gasteiger partial charge < -0.3 is 4.52 Å². The molecule has 1 aromatic carbocycles. The molecule has 1 aromatic heterocycles. The molecule has 1 saturated carbocycles. The predicted octanol–water partition coefficient (Wildman–Crippen LogP) is 3.71. The van der Waals surface area contributed by atoms with Crippen molar-refractivity contribution in [3.05, 3.63) is 47.6 Å². The highest BCUT2D eigenvalue weighted by Crippen LogP contribution is 2.33. The third-order valence-electron chi connectivity index (χ3n) is 4.00. The minimum atomic E-state index is -0.389. The van der Waals surface area contributed by atoms with Gasteiger partial charge in [-0.25, -0.2) is 0 Å². The molecule has 1 aliphatic rings. The van der Waals surface area contributed by atoms with Crippen LogP contribution in [0.2, 0.25) is 0 Å². The molecule has 104 valence electrons. The van der Waals surface area contributed by atoms with E-state index in [1.807, 2.05) is 37.3 Å². The number of aromatic nitrogens is 2. The maximum Gasteiger partial charge on any atom is 0.237 e. The Bertz CT molecular complexity index is 586. The normalized spacial score (nSPS) is 17.2. The molecule has 0 saturated heterocycles. The number of rotatable bonds is 4. The van der Waals surface area contributed by atoms with Crippen LogP contribution >= 0.6 is 0 Å². The van der Waals surface area contributed by atoms with Gasteiger partial charge in [-0.05, 0) is 19.8 Å². The third-order valence-corrected chi connectivity index (χ3v) is 4.00. The van der Waals surface area contributed by atoms with Crippen LogP contribution in [0.25, 0.3) is 0 Å². The molecule has 1 fully saturated rings. The van der Waals surface area contributed by atoms with Crippen molar-refractivity contribution in [3.63, 3.8) is 0 Å². The lowest BCUT2D eigenvalue weighted by molar-refractivity contribution is 0.0951. The van der Waals surface area contributed by atoms with Crippen molar-refractivity contribution < 1.29 is 9.32 Å². The first-order valence-electron chi connectivity index (χ1n) is 7.18. The molecule has 20 heavy (non-hydrogen) atoms. The number of nitrogens with zero attached hydrogens (tertiary/aromatic N) is 2. The van der Waals surface area contributed by atoms with Crippen LogP contribution in [0.5, 0.6) is 0 Å². The van der Waals surface area contributed by atoms with E-state index in [4.69, 9.17) is 4.52 Å². The van der Waals surface area contributed by atoms with Gasteiger partial charge in [0, 0.05) is 11.5 Å². The van der Waals surface area contributed by atoms with E-state index in [1.165, 1.54) is 12.8 Å². The SMILES string of the molecule is CC(C(=O)c1ccccc1)c1nc(C2CCCC2)no1. The number of carbonyl (C=O) groups excluding carboxylic acids is 1. The van der Waals surface area contributed by atoms with Crippen LogP contribution in [0.1, 0.15) is 66.5 Å². The molecule has 0 bridgehead atoms. The summed E-state index contributed by atoms with van der Waals surface area (Å²) in [6.07, 6.45) is 4.71. The number of hydrogen-bond donors (Lipinski definition) is 0.